The maximum atomic E-state index is 2.40. The minimum Gasteiger partial charge on any atom is -0.0616 e. The molecule has 0 heteroatoms. The van der Waals surface area contributed by atoms with Crippen molar-refractivity contribution in [3.05, 3.63) is 133 Å². The molecule has 164 valence electrons. The zero-order valence-electron chi connectivity index (χ0n) is 19.6. The van der Waals surface area contributed by atoms with Crippen molar-refractivity contribution in [3.8, 4) is 22.3 Å². The van der Waals surface area contributed by atoms with Gasteiger partial charge in [0.1, 0.15) is 0 Å². The van der Waals surface area contributed by atoms with Crippen LogP contribution in [0.2, 0.25) is 0 Å². The van der Waals surface area contributed by atoms with Gasteiger partial charge in [-0.05, 0) is 78.3 Å². The minimum absolute atomic E-state index is 1.25. The molecule has 0 radical (unpaired) electrons. The van der Waals surface area contributed by atoms with Gasteiger partial charge in [0.2, 0.25) is 0 Å². The molecule has 0 unspecified atom stereocenters. The molecule has 0 aromatic heterocycles. The highest BCUT2D eigenvalue weighted by Crippen LogP contribution is 2.41. The normalized spacial score (nSPS) is 11.6. The van der Waals surface area contributed by atoms with Gasteiger partial charge in [-0.15, -0.1) is 0 Å². The number of hydrogen-bond donors (Lipinski definition) is 0. The van der Waals surface area contributed by atoms with E-state index in [1.807, 2.05) is 0 Å². The molecule has 0 aliphatic carbocycles. The molecule has 7 aromatic carbocycles. The van der Waals surface area contributed by atoms with Crippen molar-refractivity contribution < 1.29 is 0 Å². The highest BCUT2D eigenvalue weighted by atomic mass is 14.2. The van der Waals surface area contributed by atoms with E-state index in [1.54, 1.807) is 0 Å². The fourth-order valence-electron chi connectivity index (χ4n) is 5.70. The second-order valence-corrected chi connectivity index (χ2v) is 9.43. The van der Waals surface area contributed by atoms with E-state index in [1.165, 1.54) is 70.9 Å². The Kier molecular flexibility index (Phi) is 4.47. The van der Waals surface area contributed by atoms with Crippen LogP contribution in [-0.2, 0) is 0 Å². The van der Waals surface area contributed by atoms with Crippen molar-refractivity contribution in [2.75, 3.05) is 0 Å². The van der Waals surface area contributed by atoms with Crippen LogP contribution in [0.4, 0.5) is 0 Å². The first-order chi connectivity index (χ1) is 17.3. The first-order valence-electron chi connectivity index (χ1n) is 12.2. The maximum absolute atomic E-state index is 2.40. The van der Waals surface area contributed by atoms with Crippen molar-refractivity contribution in [1.29, 1.82) is 0 Å². The lowest BCUT2D eigenvalue weighted by Crippen LogP contribution is -1.90. The Balaban J connectivity index is 1.59. The third-order valence-corrected chi connectivity index (χ3v) is 7.29. The van der Waals surface area contributed by atoms with Crippen LogP contribution in [0, 0.1) is 6.92 Å². The van der Waals surface area contributed by atoms with Gasteiger partial charge in [-0.2, -0.15) is 0 Å². The van der Waals surface area contributed by atoms with Crippen LogP contribution >= 0.6 is 0 Å². The Morgan fingerprint density at radius 3 is 1.66 bits per heavy atom. The second kappa shape index (κ2) is 7.82. The van der Waals surface area contributed by atoms with E-state index in [9.17, 15) is 0 Å². The summed E-state index contributed by atoms with van der Waals surface area (Å²) in [4.78, 5) is 0. The second-order valence-electron chi connectivity index (χ2n) is 9.43. The van der Waals surface area contributed by atoms with Crippen molar-refractivity contribution in [2.24, 2.45) is 0 Å². The number of aryl methyl sites for hydroxylation is 1. The van der Waals surface area contributed by atoms with Gasteiger partial charge in [0.25, 0.3) is 0 Å². The summed E-state index contributed by atoms with van der Waals surface area (Å²) in [6, 6.07) is 46.7. The van der Waals surface area contributed by atoms with Crippen molar-refractivity contribution >= 4 is 43.1 Å². The molecule has 7 aromatic rings. The molecule has 0 bridgehead atoms. The summed E-state index contributed by atoms with van der Waals surface area (Å²) in [6.45, 7) is 2.17. The molecule has 0 nitrogen and oxygen atoms in total. The summed E-state index contributed by atoms with van der Waals surface area (Å²) in [5.74, 6) is 0. The predicted octanol–water partition coefficient (Wildman–Crippen LogP) is 9.94. The van der Waals surface area contributed by atoms with Crippen LogP contribution in [0.5, 0.6) is 0 Å². The molecule has 0 atom stereocenters. The number of fused-ring (bicyclic) bond motifs is 7. The van der Waals surface area contributed by atoms with Gasteiger partial charge in [0.15, 0.2) is 0 Å². The van der Waals surface area contributed by atoms with Crippen LogP contribution in [0.15, 0.2) is 127 Å². The maximum Gasteiger partial charge on any atom is -0.00267 e. The first-order valence-corrected chi connectivity index (χ1v) is 12.2. The Bertz CT molecular complexity index is 1870. The van der Waals surface area contributed by atoms with E-state index in [2.05, 4.69) is 134 Å². The van der Waals surface area contributed by atoms with E-state index >= 15 is 0 Å². The third-order valence-electron chi connectivity index (χ3n) is 7.29. The number of hydrogen-bond acceptors (Lipinski definition) is 0. The molecule has 0 heterocycles. The highest BCUT2D eigenvalue weighted by molar-refractivity contribution is 6.26. The predicted molar refractivity (Wildman–Crippen MR) is 152 cm³/mol. The largest absolute Gasteiger partial charge is 0.0616 e. The summed E-state index contributed by atoms with van der Waals surface area (Å²) in [6.07, 6.45) is 0. The van der Waals surface area contributed by atoms with E-state index in [0.29, 0.717) is 0 Å². The van der Waals surface area contributed by atoms with Gasteiger partial charge in [-0.25, -0.2) is 0 Å². The fraction of sp³-hybridized carbons (Fsp3) is 0.0286. The van der Waals surface area contributed by atoms with Crippen LogP contribution < -0.4 is 0 Å². The third kappa shape index (κ3) is 3.15. The Hall–Kier alpha value is -4.42. The summed E-state index contributed by atoms with van der Waals surface area (Å²) < 4.78 is 0. The molecule has 0 spiro atoms. The topological polar surface area (TPSA) is 0 Å². The van der Waals surface area contributed by atoms with Gasteiger partial charge in [0, 0.05) is 0 Å². The molecule has 35 heavy (non-hydrogen) atoms. The van der Waals surface area contributed by atoms with Crippen molar-refractivity contribution in [1.82, 2.24) is 0 Å². The van der Waals surface area contributed by atoms with Gasteiger partial charge in [-0.1, -0.05) is 127 Å². The Morgan fingerprint density at radius 1 is 0.371 bits per heavy atom. The molecular formula is C35H24. The summed E-state index contributed by atoms with van der Waals surface area (Å²) in [7, 11) is 0. The summed E-state index contributed by atoms with van der Waals surface area (Å²) >= 11 is 0. The van der Waals surface area contributed by atoms with Gasteiger partial charge >= 0.3 is 0 Å². The fourth-order valence-corrected chi connectivity index (χ4v) is 5.70. The minimum atomic E-state index is 1.25. The first kappa shape index (κ1) is 20.0. The molecule has 0 fully saturated rings. The van der Waals surface area contributed by atoms with E-state index < -0.39 is 0 Å². The zero-order chi connectivity index (χ0) is 23.4. The van der Waals surface area contributed by atoms with E-state index in [4.69, 9.17) is 0 Å². The van der Waals surface area contributed by atoms with E-state index in [0.717, 1.165) is 0 Å². The average molecular weight is 445 g/mol. The zero-order valence-corrected chi connectivity index (χ0v) is 19.6. The molecule has 0 amide bonds. The molecule has 0 aliphatic rings. The molecule has 7 rings (SSSR count). The lowest BCUT2D eigenvalue weighted by Gasteiger charge is -2.16. The standard InChI is InChI=1S/C35H24/c1-23-9-8-11-26(21-23)35-27-12-3-2-10-24(27)17-19-28(35)25-18-20-33-31-15-5-4-13-29(31)30-14-6-7-16-32(30)34(33)22-25/h2-22H,1H3. The Morgan fingerprint density at radius 2 is 0.971 bits per heavy atom. The Labute approximate surface area is 205 Å². The molecule has 0 saturated carbocycles. The SMILES string of the molecule is Cc1cccc(-c2c(-c3ccc4c5ccccc5c5ccccc5c4c3)ccc3ccccc23)c1. The molecular weight excluding hydrogens is 420 g/mol. The monoisotopic (exact) mass is 444 g/mol. The number of rotatable bonds is 2. The van der Waals surface area contributed by atoms with Crippen LogP contribution in [-0.4, -0.2) is 0 Å². The summed E-state index contributed by atoms with van der Waals surface area (Å²) in [5, 5.41) is 10.4. The lowest BCUT2D eigenvalue weighted by molar-refractivity contribution is 1.47. The van der Waals surface area contributed by atoms with Crippen LogP contribution in [0.1, 0.15) is 5.56 Å². The van der Waals surface area contributed by atoms with Gasteiger partial charge in [-0.3, -0.25) is 0 Å². The highest BCUT2D eigenvalue weighted by Gasteiger charge is 2.14. The quantitative estimate of drug-likeness (QED) is 0.233. The van der Waals surface area contributed by atoms with Crippen LogP contribution in [0.25, 0.3) is 65.3 Å². The van der Waals surface area contributed by atoms with Gasteiger partial charge < -0.3 is 0 Å². The molecule has 0 aliphatic heterocycles. The van der Waals surface area contributed by atoms with Crippen molar-refractivity contribution in [2.45, 2.75) is 6.92 Å². The van der Waals surface area contributed by atoms with Crippen molar-refractivity contribution in [3.63, 3.8) is 0 Å². The summed E-state index contributed by atoms with van der Waals surface area (Å²) in [5.41, 5.74) is 6.36. The number of benzene rings is 7. The van der Waals surface area contributed by atoms with E-state index in [-0.39, 0.29) is 0 Å². The smallest absolute Gasteiger partial charge is 0.00267 e. The average Bonchev–Trinajstić information content (AvgIpc) is 2.92. The molecule has 0 saturated heterocycles. The molecule has 0 N–H and O–H groups in total. The van der Waals surface area contributed by atoms with Gasteiger partial charge in [0.05, 0.1) is 0 Å². The lowest BCUT2D eigenvalue weighted by atomic mass is 9.87. The van der Waals surface area contributed by atoms with Crippen LogP contribution in [0.3, 0.4) is 0 Å².